The summed E-state index contributed by atoms with van der Waals surface area (Å²) in [5, 5.41) is 0. The Kier molecular flexibility index (Phi) is 6.00. The summed E-state index contributed by atoms with van der Waals surface area (Å²) >= 11 is 0. The molecule has 1 saturated heterocycles. The Hall–Kier alpha value is -2.69. The average molecular weight is 352 g/mol. The minimum atomic E-state index is -0.381. The molecule has 1 aliphatic heterocycles. The Labute approximate surface area is 154 Å². The Morgan fingerprint density at radius 3 is 2.77 bits per heavy atom. The van der Waals surface area contributed by atoms with E-state index in [1.807, 2.05) is 36.4 Å². The molecule has 1 aromatic heterocycles. The quantitative estimate of drug-likeness (QED) is 0.567. The summed E-state index contributed by atoms with van der Waals surface area (Å²) in [6.45, 7) is 2.84. The minimum absolute atomic E-state index is 0.00960. The molecule has 0 bridgehead atoms. The van der Waals surface area contributed by atoms with Crippen LogP contribution in [0, 0.1) is 5.92 Å². The first-order chi connectivity index (χ1) is 12.7. The third kappa shape index (κ3) is 4.28. The molecule has 1 fully saturated rings. The first-order valence-electron chi connectivity index (χ1n) is 9.13. The van der Waals surface area contributed by atoms with Crippen LogP contribution in [0.15, 0.2) is 48.8 Å². The molecule has 3 rings (SSSR count). The third-order valence-electron chi connectivity index (χ3n) is 4.73. The van der Waals surface area contributed by atoms with Gasteiger partial charge in [0.15, 0.2) is 0 Å². The molecule has 0 saturated carbocycles. The van der Waals surface area contributed by atoms with Crippen molar-refractivity contribution < 1.29 is 14.3 Å². The van der Waals surface area contributed by atoms with Crippen LogP contribution in [0.5, 0.6) is 0 Å². The van der Waals surface area contributed by atoms with Gasteiger partial charge in [0.25, 0.3) is 0 Å². The van der Waals surface area contributed by atoms with Crippen LogP contribution in [0.4, 0.5) is 5.69 Å². The fourth-order valence-electron chi connectivity index (χ4n) is 3.29. The van der Waals surface area contributed by atoms with Crippen molar-refractivity contribution in [3.63, 3.8) is 0 Å². The number of ether oxygens (including phenoxy) is 1. The van der Waals surface area contributed by atoms with Crippen LogP contribution in [-0.2, 0) is 27.2 Å². The summed E-state index contributed by atoms with van der Waals surface area (Å²) in [6.07, 6.45) is 6.20. The number of nitrogens with zero attached hydrogens (tertiary/aromatic N) is 2. The number of hydrogen-bond acceptors (Lipinski definition) is 4. The predicted molar refractivity (Wildman–Crippen MR) is 99.8 cm³/mol. The molecule has 1 aliphatic rings. The van der Waals surface area contributed by atoms with Gasteiger partial charge in [-0.05, 0) is 48.6 Å². The van der Waals surface area contributed by atoms with Gasteiger partial charge in [0.05, 0.1) is 12.5 Å². The number of hydrogen-bond donors (Lipinski definition) is 0. The largest absolute Gasteiger partial charge is 0.465 e. The van der Waals surface area contributed by atoms with Crippen LogP contribution >= 0.6 is 0 Å². The lowest BCUT2D eigenvalue weighted by molar-refractivity contribution is -0.148. The summed E-state index contributed by atoms with van der Waals surface area (Å²) in [7, 11) is 0. The fraction of sp³-hybridized carbons (Fsp3) is 0.381. The van der Waals surface area contributed by atoms with Crippen LogP contribution in [0.25, 0.3) is 0 Å². The Bertz CT molecular complexity index is 761. The molecule has 0 N–H and O–H groups in total. The first-order valence-corrected chi connectivity index (χ1v) is 9.13. The summed E-state index contributed by atoms with van der Waals surface area (Å²) < 4.78 is 5.40. The molecule has 1 unspecified atom stereocenters. The molecule has 2 heterocycles. The van der Waals surface area contributed by atoms with Gasteiger partial charge in [0.2, 0.25) is 5.91 Å². The van der Waals surface area contributed by atoms with Crippen molar-refractivity contribution in [2.45, 2.75) is 32.6 Å². The zero-order chi connectivity index (χ0) is 18.4. The summed E-state index contributed by atoms with van der Waals surface area (Å²) in [6, 6.07) is 11.8. The van der Waals surface area contributed by atoms with E-state index >= 15 is 0 Å². The Balaban J connectivity index is 1.51. The molecular weight excluding hydrogens is 328 g/mol. The zero-order valence-corrected chi connectivity index (χ0v) is 15.1. The minimum Gasteiger partial charge on any atom is -0.465 e. The van der Waals surface area contributed by atoms with Gasteiger partial charge in [-0.3, -0.25) is 14.6 Å². The summed E-state index contributed by atoms with van der Waals surface area (Å²) in [5.41, 5.74) is 3.20. The molecule has 1 aromatic carbocycles. The number of para-hydroxylation sites is 1. The second kappa shape index (κ2) is 8.61. The number of pyridine rings is 1. The van der Waals surface area contributed by atoms with Crippen LogP contribution in [0.1, 0.15) is 30.9 Å². The molecular formula is C21H24N2O3. The van der Waals surface area contributed by atoms with Crippen molar-refractivity contribution in [1.82, 2.24) is 4.98 Å². The number of anilines is 1. The van der Waals surface area contributed by atoms with E-state index in [2.05, 4.69) is 11.9 Å². The van der Waals surface area contributed by atoms with E-state index in [0.29, 0.717) is 13.2 Å². The average Bonchev–Trinajstić information content (AvgIpc) is 3.07. The second-order valence-corrected chi connectivity index (χ2v) is 6.51. The molecule has 1 amide bonds. The Morgan fingerprint density at radius 1 is 1.23 bits per heavy atom. The first kappa shape index (κ1) is 18.1. The summed E-state index contributed by atoms with van der Waals surface area (Å²) in [5.74, 6) is -0.664. The van der Waals surface area contributed by atoms with Gasteiger partial charge in [-0.1, -0.05) is 25.1 Å². The van der Waals surface area contributed by atoms with Gasteiger partial charge < -0.3 is 9.64 Å². The molecule has 1 atom stereocenters. The smallest absolute Gasteiger partial charge is 0.311 e. The van der Waals surface area contributed by atoms with E-state index in [4.69, 9.17) is 4.74 Å². The lowest BCUT2D eigenvalue weighted by Crippen LogP contribution is -2.27. The van der Waals surface area contributed by atoms with E-state index < -0.39 is 0 Å². The maximum atomic E-state index is 12.4. The zero-order valence-electron chi connectivity index (χ0n) is 15.1. The highest BCUT2D eigenvalue weighted by molar-refractivity contribution is 6.00. The predicted octanol–water partition coefficient (Wildman–Crippen LogP) is 3.17. The standard InChI is InChI=1S/C21H24N2O3/c1-2-17-7-3-4-8-19(17)23-15-18(14-20(23)24)21(25)26-13-5-6-16-9-11-22-12-10-16/h3-4,7-12,18H,2,5-6,13-15H2,1H3. The molecule has 136 valence electrons. The highest BCUT2D eigenvalue weighted by atomic mass is 16.5. The van der Waals surface area contributed by atoms with Gasteiger partial charge in [-0.25, -0.2) is 0 Å². The molecule has 5 heteroatoms. The number of carbonyl (C=O) groups is 2. The van der Waals surface area contributed by atoms with E-state index in [1.54, 1.807) is 17.3 Å². The fourth-order valence-corrected chi connectivity index (χ4v) is 3.29. The lowest BCUT2D eigenvalue weighted by atomic mass is 10.1. The van der Waals surface area contributed by atoms with Crippen LogP contribution in [0.2, 0.25) is 0 Å². The number of aromatic nitrogens is 1. The maximum absolute atomic E-state index is 12.4. The van der Waals surface area contributed by atoms with Crippen LogP contribution < -0.4 is 4.90 Å². The van der Waals surface area contributed by atoms with Crippen molar-refractivity contribution in [3.05, 3.63) is 59.9 Å². The van der Waals surface area contributed by atoms with Gasteiger partial charge in [-0.2, -0.15) is 0 Å². The van der Waals surface area contributed by atoms with E-state index in [1.165, 1.54) is 5.56 Å². The third-order valence-corrected chi connectivity index (χ3v) is 4.73. The van der Waals surface area contributed by atoms with E-state index in [-0.39, 0.29) is 24.2 Å². The molecule has 0 spiro atoms. The SMILES string of the molecule is CCc1ccccc1N1CC(C(=O)OCCCc2ccncc2)CC1=O. The number of esters is 1. The van der Waals surface area contributed by atoms with Crippen molar-refractivity contribution in [1.29, 1.82) is 0 Å². The Morgan fingerprint density at radius 2 is 2.00 bits per heavy atom. The molecule has 0 radical (unpaired) electrons. The maximum Gasteiger partial charge on any atom is 0.311 e. The van der Waals surface area contributed by atoms with Gasteiger partial charge >= 0.3 is 5.97 Å². The molecule has 0 aliphatic carbocycles. The topological polar surface area (TPSA) is 59.5 Å². The highest BCUT2D eigenvalue weighted by Gasteiger charge is 2.36. The highest BCUT2D eigenvalue weighted by Crippen LogP contribution is 2.29. The number of benzene rings is 1. The normalized spacial score (nSPS) is 16.7. The van der Waals surface area contributed by atoms with Crippen LogP contribution in [-0.4, -0.2) is 30.0 Å². The lowest BCUT2D eigenvalue weighted by Gasteiger charge is -2.19. The van der Waals surface area contributed by atoms with Crippen molar-refractivity contribution in [2.75, 3.05) is 18.1 Å². The van der Waals surface area contributed by atoms with Crippen molar-refractivity contribution >= 4 is 17.6 Å². The number of rotatable bonds is 7. The number of aryl methyl sites for hydroxylation is 2. The molecule has 26 heavy (non-hydrogen) atoms. The van der Waals surface area contributed by atoms with Crippen LogP contribution in [0.3, 0.4) is 0 Å². The van der Waals surface area contributed by atoms with E-state index in [0.717, 1.165) is 30.5 Å². The van der Waals surface area contributed by atoms with Gasteiger partial charge in [-0.15, -0.1) is 0 Å². The van der Waals surface area contributed by atoms with Gasteiger partial charge in [0.1, 0.15) is 0 Å². The molecule has 2 aromatic rings. The monoisotopic (exact) mass is 352 g/mol. The van der Waals surface area contributed by atoms with Crippen molar-refractivity contribution in [3.8, 4) is 0 Å². The molecule has 5 nitrogen and oxygen atoms in total. The summed E-state index contributed by atoms with van der Waals surface area (Å²) in [4.78, 5) is 30.4. The van der Waals surface area contributed by atoms with Gasteiger partial charge in [0, 0.05) is 31.0 Å². The second-order valence-electron chi connectivity index (χ2n) is 6.51. The number of carbonyl (C=O) groups excluding carboxylic acids is 2. The van der Waals surface area contributed by atoms with E-state index in [9.17, 15) is 9.59 Å². The number of amides is 1. The van der Waals surface area contributed by atoms with Crippen molar-refractivity contribution in [2.24, 2.45) is 5.92 Å².